The molecule has 0 spiro atoms. The van der Waals surface area contributed by atoms with Gasteiger partial charge in [0.15, 0.2) is 0 Å². The fourth-order valence-corrected chi connectivity index (χ4v) is 1.79. The van der Waals surface area contributed by atoms with Gasteiger partial charge in [0, 0.05) is 5.02 Å². The van der Waals surface area contributed by atoms with Crippen LogP contribution in [-0.2, 0) is 4.79 Å². The molecule has 0 saturated carbocycles. The van der Waals surface area contributed by atoms with Crippen molar-refractivity contribution in [1.29, 1.82) is 0 Å². The highest BCUT2D eigenvalue weighted by molar-refractivity contribution is 6.30. The van der Waals surface area contributed by atoms with Gasteiger partial charge in [-0.05, 0) is 29.8 Å². The zero-order valence-corrected chi connectivity index (χ0v) is 10.5. The monoisotopic (exact) mass is 278 g/mol. The summed E-state index contributed by atoms with van der Waals surface area (Å²) in [5.41, 5.74) is 0.541. The topological polar surface area (TPSA) is 52.2 Å². The van der Waals surface area contributed by atoms with Crippen LogP contribution in [0.3, 0.4) is 0 Å². The van der Waals surface area contributed by atoms with E-state index in [2.05, 4.69) is 5.32 Å². The molecule has 2 aromatic carbocycles. The first-order valence-corrected chi connectivity index (χ1v) is 5.93. The average Bonchev–Trinajstić information content (AvgIpc) is 2.39. The molecule has 1 atom stereocenters. The van der Waals surface area contributed by atoms with Crippen LogP contribution in [0.1, 0.15) is 11.6 Å². The standard InChI is InChI=1S/C14H11ClFNO2/c15-10-7-5-9(6-8-10)13(14(18)19)17-12-4-2-1-3-11(12)16/h1-8,13,17H,(H,18,19)/p-1/t13-/m1/s1. The third kappa shape index (κ3) is 3.23. The lowest BCUT2D eigenvalue weighted by atomic mass is 10.1. The number of hydrogen-bond donors (Lipinski definition) is 1. The first kappa shape index (κ1) is 13.4. The molecule has 5 heteroatoms. The van der Waals surface area contributed by atoms with E-state index >= 15 is 0 Å². The molecular formula is C14H10ClFNO2-. The van der Waals surface area contributed by atoms with Crippen molar-refractivity contribution >= 4 is 23.3 Å². The number of para-hydroxylation sites is 1. The summed E-state index contributed by atoms with van der Waals surface area (Å²) in [4.78, 5) is 11.2. The average molecular weight is 279 g/mol. The van der Waals surface area contributed by atoms with Crippen LogP contribution in [0, 0.1) is 5.82 Å². The molecule has 3 nitrogen and oxygen atoms in total. The van der Waals surface area contributed by atoms with Gasteiger partial charge in [-0.3, -0.25) is 0 Å². The lowest BCUT2D eigenvalue weighted by Crippen LogP contribution is -2.34. The second-order valence-corrected chi connectivity index (χ2v) is 4.36. The molecule has 0 aliphatic heterocycles. The van der Waals surface area contributed by atoms with Gasteiger partial charge in [-0.2, -0.15) is 0 Å². The number of benzene rings is 2. The second-order valence-electron chi connectivity index (χ2n) is 3.93. The molecular weight excluding hydrogens is 269 g/mol. The Morgan fingerprint density at radius 3 is 2.37 bits per heavy atom. The van der Waals surface area contributed by atoms with Gasteiger partial charge in [0.05, 0.1) is 17.7 Å². The van der Waals surface area contributed by atoms with Gasteiger partial charge in [0.25, 0.3) is 0 Å². The molecule has 0 unspecified atom stereocenters. The van der Waals surface area contributed by atoms with Crippen LogP contribution < -0.4 is 10.4 Å². The van der Waals surface area contributed by atoms with E-state index < -0.39 is 17.8 Å². The first-order chi connectivity index (χ1) is 9.08. The van der Waals surface area contributed by atoms with Gasteiger partial charge < -0.3 is 15.2 Å². The van der Waals surface area contributed by atoms with Gasteiger partial charge in [-0.1, -0.05) is 35.9 Å². The summed E-state index contributed by atoms with van der Waals surface area (Å²) >= 11 is 5.74. The smallest absolute Gasteiger partial charge is 0.146 e. The predicted octanol–water partition coefficient (Wildman–Crippen LogP) is 2.38. The maximum Gasteiger partial charge on any atom is 0.146 e. The molecule has 0 heterocycles. The summed E-state index contributed by atoms with van der Waals surface area (Å²) in [6, 6.07) is 10.9. The minimum atomic E-state index is -1.34. The number of aliphatic carboxylic acids is 1. The second kappa shape index (κ2) is 5.71. The van der Waals surface area contributed by atoms with Crippen molar-refractivity contribution < 1.29 is 14.3 Å². The van der Waals surface area contributed by atoms with Crippen LogP contribution in [0.25, 0.3) is 0 Å². The Labute approximate surface area is 114 Å². The molecule has 1 N–H and O–H groups in total. The summed E-state index contributed by atoms with van der Waals surface area (Å²) in [5.74, 6) is -1.87. The van der Waals surface area contributed by atoms with E-state index in [4.69, 9.17) is 11.6 Å². The van der Waals surface area contributed by atoms with E-state index in [9.17, 15) is 14.3 Å². The van der Waals surface area contributed by atoms with Crippen molar-refractivity contribution in [3.05, 3.63) is 64.9 Å². The van der Waals surface area contributed by atoms with Crippen LogP contribution in [-0.4, -0.2) is 5.97 Å². The van der Waals surface area contributed by atoms with E-state index in [0.29, 0.717) is 10.6 Å². The number of carbonyl (C=O) groups is 1. The molecule has 0 aliphatic carbocycles. The number of carboxylic acid groups (broad SMARTS) is 1. The minimum absolute atomic E-state index is 0.103. The Morgan fingerprint density at radius 2 is 1.79 bits per heavy atom. The van der Waals surface area contributed by atoms with Gasteiger partial charge in [-0.25, -0.2) is 4.39 Å². The van der Waals surface area contributed by atoms with Gasteiger partial charge in [0.2, 0.25) is 0 Å². The zero-order chi connectivity index (χ0) is 13.8. The van der Waals surface area contributed by atoms with Crippen molar-refractivity contribution in [2.45, 2.75) is 6.04 Å². The number of halogens is 2. The molecule has 0 saturated heterocycles. The highest BCUT2D eigenvalue weighted by Gasteiger charge is 2.14. The maximum absolute atomic E-state index is 13.5. The quantitative estimate of drug-likeness (QED) is 0.934. The summed E-state index contributed by atoms with van der Waals surface area (Å²) < 4.78 is 13.5. The minimum Gasteiger partial charge on any atom is -0.548 e. The van der Waals surface area contributed by atoms with Crippen molar-refractivity contribution in [2.75, 3.05) is 5.32 Å². The Bertz CT molecular complexity index is 586. The molecule has 19 heavy (non-hydrogen) atoms. The van der Waals surface area contributed by atoms with Crippen LogP contribution in [0.15, 0.2) is 48.5 Å². The number of rotatable bonds is 4. The number of carboxylic acids is 1. The van der Waals surface area contributed by atoms with Crippen LogP contribution in [0.2, 0.25) is 5.02 Å². The summed E-state index contributed by atoms with van der Waals surface area (Å²) in [7, 11) is 0. The number of hydrogen-bond acceptors (Lipinski definition) is 3. The lowest BCUT2D eigenvalue weighted by Gasteiger charge is -2.21. The van der Waals surface area contributed by atoms with Crippen molar-refractivity contribution in [2.24, 2.45) is 0 Å². The molecule has 0 amide bonds. The predicted molar refractivity (Wildman–Crippen MR) is 69.2 cm³/mol. The lowest BCUT2D eigenvalue weighted by molar-refractivity contribution is -0.307. The molecule has 0 aliphatic rings. The Kier molecular flexibility index (Phi) is 4.02. The molecule has 0 bridgehead atoms. The van der Waals surface area contributed by atoms with E-state index in [0.717, 1.165) is 0 Å². The molecule has 0 aromatic heterocycles. The van der Waals surface area contributed by atoms with E-state index in [1.807, 2.05) is 0 Å². The molecule has 2 rings (SSSR count). The van der Waals surface area contributed by atoms with Crippen molar-refractivity contribution in [3.8, 4) is 0 Å². The third-order valence-corrected chi connectivity index (χ3v) is 2.86. The highest BCUT2D eigenvalue weighted by Crippen LogP contribution is 2.22. The Balaban J connectivity index is 2.29. The summed E-state index contributed by atoms with van der Waals surface area (Å²) in [6.45, 7) is 0. The normalized spacial score (nSPS) is 11.9. The Morgan fingerprint density at radius 1 is 1.16 bits per heavy atom. The zero-order valence-electron chi connectivity index (χ0n) is 9.77. The van der Waals surface area contributed by atoms with Crippen LogP contribution >= 0.6 is 11.6 Å². The molecule has 0 fully saturated rings. The molecule has 0 radical (unpaired) electrons. The fraction of sp³-hybridized carbons (Fsp3) is 0.0714. The maximum atomic E-state index is 13.5. The van der Waals surface area contributed by atoms with E-state index in [1.54, 1.807) is 30.3 Å². The highest BCUT2D eigenvalue weighted by atomic mass is 35.5. The molecule has 98 valence electrons. The summed E-state index contributed by atoms with van der Waals surface area (Å²) in [5, 5.41) is 14.3. The van der Waals surface area contributed by atoms with Gasteiger partial charge >= 0.3 is 0 Å². The van der Waals surface area contributed by atoms with Gasteiger partial charge in [0.1, 0.15) is 5.82 Å². The molecule has 2 aromatic rings. The van der Waals surface area contributed by atoms with Crippen molar-refractivity contribution in [1.82, 2.24) is 0 Å². The number of carbonyl (C=O) groups excluding carboxylic acids is 1. The van der Waals surface area contributed by atoms with Crippen molar-refractivity contribution in [3.63, 3.8) is 0 Å². The first-order valence-electron chi connectivity index (χ1n) is 5.55. The summed E-state index contributed by atoms with van der Waals surface area (Å²) in [6.07, 6.45) is 0. The van der Waals surface area contributed by atoms with E-state index in [1.165, 1.54) is 18.2 Å². The van der Waals surface area contributed by atoms with Crippen LogP contribution in [0.5, 0.6) is 0 Å². The Hall–Kier alpha value is -2.07. The number of nitrogens with one attached hydrogen (secondary N) is 1. The number of anilines is 1. The van der Waals surface area contributed by atoms with Crippen LogP contribution in [0.4, 0.5) is 10.1 Å². The largest absolute Gasteiger partial charge is 0.548 e. The van der Waals surface area contributed by atoms with Gasteiger partial charge in [-0.15, -0.1) is 0 Å². The van der Waals surface area contributed by atoms with E-state index in [-0.39, 0.29) is 5.69 Å². The third-order valence-electron chi connectivity index (χ3n) is 2.61. The fourth-order valence-electron chi connectivity index (χ4n) is 1.67. The SMILES string of the molecule is O=C([O-])[C@H](Nc1ccccc1F)c1ccc(Cl)cc1.